The highest BCUT2D eigenvalue weighted by molar-refractivity contribution is 5.32. The number of ether oxygens (including phenoxy) is 1. The number of hydrogen-bond donors (Lipinski definition) is 0. The van der Waals surface area contributed by atoms with E-state index in [2.05, 4.69) is 25.2 Å². The zero-order valence-electron chi connectivity index (χ0n) is 6.37. The van der Waals surface area contributed by atoms with Crippen molar-refractivity contribution in [3.05, 3.63) is 23.8 Å². The Morgan fingerprint density at radius 2 is 2.20 bits per heavy atom. The van der Waals surface area contributed by atoms with Gasteiger partial charge in [-0.2, -0.15) is 0 Å². The van der Waals surface area contributed by atoms with Crippen LogP contribution < -0.4 is 0 Å². The van der Waals surface area contributed by atoms with Gasteiger partial charge in [0.25, 0.3) is 0 Å². The van der Waals surface area contributed by atoms with Crippen molar-refractivity contribution >= 4 is 0 Å². The van der Waals surface area contributed by atoms with Crippen molar-refractivity contribution in [1.82, 2.24) is 0 Å². The number of hydrogen-bond acceptors (Lipinski definition) is 1. The summed E-state index contributed by atoms with van der Waals surface area (Å²) in [6, 6.07) is 0. The van der Waals surface area contributed by atoms with E-state index in [1.807, 2.05) is 0 Å². The van der Waals surface area contributed by atoms with E-state index >= 15 is 0 Å². The predicted molar refractivity (Wildman–Crippen MR) is 40.7 cm³/mol. The van der Waals surface area contributed by atoms with Crippen molar-refractivity contribution in [2.75, 3.05) is 7.11 Å². The molecule has 0 heterocycles. The molecule has 0 aliphatic heterocycles. The van der Waals surface area contributed by atoms with Gasteiger partial charge in [0.2, 0.25) is 0 Å². The van der Waals surface area contributed by atoms with Gasteiger partial charge in [-0.15, -0.1) is 0 Å². The second-order valence-electron chi connectivity index (χ2n) is 3.10. The highest BCUT2D eigenvalue weighted by Crippen LogP contribution is 2.39. The highest BCUT2D eigenvalue weighted by atomic mass is 16.5. The number of fused-ring (bicyclic) bond motifs is 2. The standard InChI is InChI=1S/C9H12O/c1-6-5-7-3-4-8(6)9(7)10-2/h3-5,7-9H,1-2H3/t7-,8+,9+/m0/s1. The molecule has 2 bridgehead atoms. The van der Waals surface area contributed by atoms with E-state index in [1.165, 1.54) is 5.57 Å². The molecule has 0 aromatic rings. The molecule has 2 aliphatic carbocycles. The average Bonchev–Trinajstić information content (AvgIpc) is 2.42. The lowest BCUT2D eigenvalue weighted by molar-refractivity contribution is 0.0782. The molecule has 0 aromatic carbocycles. The molecule has 0 aromatic heterocycles. The van der Waals surface area contributed by atoms with Crippen molar-refractivity contribution in [1.29, 1.82) is 0 Å². The Labute approximate surface area is 61.4 Å². The fraction of sp³-hybridized carbons (Fsp3) is 0.556. The fourth-order valence-electron chi connectivity index (χ4n) is 1.99. The molecule has 2 rings (SSSR count). The van der Waals surface area contributed by atoms with E-state index in [4.69, 9.17) is 4.74 Å². The first-order chi connectivity index (χ1) is 4.83. The molecule has 0 spiro atoms. The molecule has 2 aliphatic rings. The molecule has 0 unspecified atom stereocenters. The SMILES string of the molecule is CO[C@@H]1[C@H]2C=C[C@@H]1C(C)=C2. The first kappa shape index (κ1) is 6.17. The summed E-state index contributed by atoms with van der Waals surface area (Å²) >= 11 is 0. The maximum Gasteiger partial charge on any atom is 0.0768 e. The minimum absolute atomic E-state index is 0.417. The molecule has 54 valence electrons. The van der Waals surface area contributed by atoms with Crippen LogP contribution in [0.5, 0.6) is 0 Å². The van der Waals surface area contributed by atoms with E-state index in [9.17, 15) is 0 Å². The summed E-state index contributed by atoms with van der Waals surface area (Å²) < 4.78 is 5.35. The quantitative estimate of drug-likeness (QED) is 0.499. The highest BCUT2D eigenvalue weighted by Gasteiger charge is 2.36. The van der Waals surface area contributed by atoms with Gasteiger partial charge in [-0.1, -0.05) is 23.8 Å². The fourth-order valence-corrected chi connectivity index (χ4v) is 1.99. The molecule has 0 radical (unpaired) electrons. The van der Waals surface area contributed by atoms with Gasteiger partial charge in [0.15, 0.2) is 0 Å². The molecule has 0 saturated heterocycles. The zero-order valence-corrected chi connectivity index (χ0v) is 6.37. The summed E-state index contributed by atoms with van der Waals surface area (Å²) in [7, 11) is 1.80. The summed E-state index contributed by atoms with van der Waals surface area (Å²) in [5, 5.41) is 0. The third-order valence-electron chi connectivity index (χ3n) is 2.53. The van der Waals surface area contributed by atoms with E-state index in [0.717, 1.165) is 0 Å². The maximum absolute atomic E-state index is 5.35. The van der Waals surface area contributed by atoms with Crippen LogP contribution >= 0.6 is 0 Å². The van der Waals surface area contributed by atoms with Crippen molar-refractivity contribution in [3.63, 3.8) is 0 Å². The van der Waals surface area contributed by atoms with Gasteiger partial charge >= 0.3 is 0 Å². The number of rotatable bonds is 1. The third-order valence-corrected chi connectivity index (χ3v) is 2.53. The Morgan fingerprint density at radius 1 is 1.40 bits per heavy atom. The summed E-state index contributed by atoms with van der Waals surface area (Å²) in [6.07, 6.45) is 7.22. The van der Waals surface area contributed by atoms with Crippen LogP contribution in [-0.4, -0.2) is 13.2 Å². The molecular formula is C9H12O. The zero-order chi connectivity index (χ0) is 7.14. The lowest BCUT2D eigenvalue weighted by Crippen LogP contribution is -2.18. The van der Waals surface area contributed by atoms with E-state index in [1.54, 1.807) is 7.11 Å². The third kappa shape index (κ3) is 0.613. The van der Waals surface area contributed by atoms with Gasteiger partial charge in [-0.25, -0.2) is 0 Å². The maximum atomic E-state index is 5.35. The normalized spacial score (nSPS) is 42.6. The number of methoxy groups -OCH3 is 1. The molecular weight excluding hydrogens is 124 g/mol. The predicted octanol–water partition coefficient (Wildman–Crippen LogP) is 1.76. The molecule has 1 nitrogen and oxygen atoms in total. The van der Waals surface area contributed by atoms with Crippen molar-refractivity contribution in [2.45, 2.75) is 13.0 Å². The van der Waals surface area contributed by atoms with Crippen LogP contribution in [-0.2, 0) is 4.74 Å². The van der Waals surface area contributed by atoms with Gasteiger partial charge in [-0.05, 0) is 6.92 Å². The summed E-state index contributed by atoms with van der Waals surface area (Å²) in [4.78, 5) is 0. The topological polar surface area (TPSA) is 9.23 Å². The van der Waals surface area contributed by atoms with Crippen LogP contribution in [0, 0.1) is 11.8 Å². The van der Waals surface area contributed by atoms with Crippen LogP contribution in [0.2, 0.25) is 0 Å². The van der Waals surface area contributed by atoms with Crippen molar-refractivity contribution in [2.24, 2.45) is 11.8 Å². The molecule has 0 fully saturated rings. The minimum atomic E-state index is 0.417. The summed E-state index contributed by atoms with van der Waals surface area (Å²) in [5.74, 6) is 1.14. The monoisotopic (exact) mass is 136 g/mol. The minimum Gasteiger partial charge on any atom is -0.380 e. The van der Waals surface area contributed by atoms with Crippen molar-refractivity contribution in [3.8, 4) is 0 Å². The Hall–Kier alpha value is -0.560. The molecule has 0 saturated carbocycles. The van der Waals surface area contributed by atoms with Crippen LogP contribution in [0.1, 0.15) is 6.92 Å². The van der Waals surface area contributed by atoms with Gasteiger partial charge in [0, 0.05) is 18.9 Å². The molecule has 0 amide bonds. The van der Waals surface area contributed by atoms with Gasteiger partial charge < -0.3 is 4.74 Å². The second kappa shape index (κ2) is 1.96. The Kier molecular flexibility index (Phi) is 1.21. The van der Waals surface area contributed by atoms with Gasteiger partial charge in [0.05, 0.1) is 6.10 Å². The lowest BCUT2D eigenvalue weighted by atomic mass is 10.0. The van der Waals surface area contributed by atoms with Gasteiger partial charge in [-0.3, -0.25) is 0 Å². The molecule has 3 atom stereocenters. The van der Waals surface area contributed by atoms with Gasteiger partial charge in [0.1, 0.15) is 0 Å². The summed E-state index contributed by atoms with van der Waals surface area (Å²) in [6.45, 7) is 2.18. The first-order valence-electron chi connectivity index (χ1n) is 3.72. The Bertz CT molecular complexity index is 203. The van der Waals surface area contributed by atoms with Crippen LogP contribution in [0.25, 0.3) is 0 Å². The van der Waals surface area contributed by atoms with Crippen LogP contribution in [0.3, 0.4) is 0 Å². The van der Waals surface area contributed by atoms with Crippen molar-refractivity contribution < 1.29 is 4.74 Å². The molecule has 0 N–H and O–H groups in total. The Morgan fingerprint density at radius 3 is 2.50 bits per heavy atom. The average molecular weight is 136 g/mol. The first-order valence-corrected chi connectivity index (χ1v) is 3.72. The smallest absolute Gasteiger partial charge is 0.0768 e. The second-order valence-corrected chi connectivity index (χ2v) is 3.10. The largest absolute Gasteiger partial charge is 0.380 e. The van der Waals surface area contributed by atoms with Crippen LogP contribution in [0.15, 0.2) is 23.8 Å². The van der Waals surface area contributed by atoms with E-state index in [0.29, 0.717) is 17.9 Å². The lowest BCUT2D eigenvalue weighted by Gasteiger charge is -2.14. The molecule has 1 heteroatoms. The molecule has 10 heavy (non-hydrogen) atoms. The van der Waals surface area contributed by atoms with E-state index in [-0.39, 0.29) is 0 Å². The van der Waals surface area contributed by atoms with Crippen LogP contribution in [0.4, 0.5) is 0 Å². The summed E-state index contributed by atoms with van der Waals surface area (Å²) in [5.41, 5.74) is 1.47. The Balaban J connectivity index is 2.24. The van der Waals surface area contributed by atoms with E-state index < -0.39 is 0 Å².